The van der Waals surface area contributed by atoms with Crippen LogP contribution in [0.15, 0.2) is 47.4 Å². The van der Waals surface area contributed by atoms with Crippen molar-refractivity contribution in [2.75, 3.05) is 13.1 Å². The first-order valence-corrected chi connectivity index (χ1v) is 12.6. The van der Waals surface area contributed by atoms with Crippen LogP contribution in [0.1, 0.15) is 54.4 Å². The first kappa shape index (κ1) is 22.5. The van der Waals surface area contributed by atoms with E-state index in [1.165, 1.54) is 6.07 Å². The molecule has 1 aromatic heterocycles. The monoisotopic (exact) mass is 454 g/mol. The fraction of sp³-hybridized carbons (Fsp3) is 0.417. The van der Waals surface area contributed by atoms with E-state index < -0.39 is 10.0 Å². The predicted octanol–water partition coefficient (Wildman–Crippen LogP) is 3.80. The van der Waals surface area contributed by atoms with Crippen LogP contribution in [0.3, 0.4) is 0 Å². The quantitative estimate of drug-likeness (QED) is 0.531. The van der Waals surface area contributed by atoms with E-state index in [1.54, 1.807) is 16.4 Å². The van der Waals surface area contributed by atoms with Gasteiger partial charge >= 0.3 is 0 Å². The molecule has 0 aliphatic carbocycles. The van der Waals surface area contributed by atoms with Crippen molar-refractivity contribution < 1.29 is 13.2 Å². The van der Waals surface area contributed by atoms with Crippen LogP contribution in [-0.4, -0.2) is 47.7 Å². The number of nitrogens with one attached hydrogen (secondary N) is 2. The molecule has 1 aliphatic heterocycles. The summed E-state index contributed by atoms with van der Waals surface area (Å²) in [5, 5.41) is 2.92. The third kappa shape index (κ3) is 4.71. The van der Waals surface area contributed by atoms with E-state index in [4.69, 9.17) is 0 Å². The van der Waals surface area contributed by atoms with Gasteiger partial charge in [-0.2, -0.15) is 4.31 Å². The SMILES string of the molecule is Cc1ccc(S(=O)(=O)N2CCCCC2C)cc1C(=O)NCCCc1nc2ccccc2[nH]1. The number of amides is 1. The van der Waals surface area contributed by atoms with Crippen LogP contribution >= 0.6 is 0 Å². The lowest BCUT2D eigenvalue weighted by Gasteiger charge is -2.32. The van der Waals surface area contributed by atoms with Crippen molar-refractivity contribution in [1.29, 1.82) is 0 Å². The van der Waals surface area contributed by atoms with Gasteiger partial charge in [-0.1, -0.05) is 24.6 Å². The Hall–Kier alpha value is -2.71. The standard InChI is InChI=1S/C24H30N4O3S/c1-17-12-13-19(32(30,31)28-15-6-5-8-18(28)2)16-20(17)24(29)25-14-7-11-23-26-21-9-3-4-10-22(21)27-23/h3-4,9-10,12-13,16,18H,5-8,11,14-15H2,1-2H3,(H,25,29)(H,26,27). The summed E-state index contributed by atoms with van der Waals surface area (Å²) < 4.78 is 27.9. The Balaban J connectivity index is 1.39. The number of aryl methyl sites for hydroxylation is 2. The van der Waals surface area contributed by atoms with E-state index in [9.17, 15) is 13.2 Å². The van der Waals surface area contributed by atoms with Gasteiger partial charge in [0.1, 0.15) is 5.82 Å². The first-order valence-electron chi connectivity index (χ1n) is 11.2. The molecular formula is C24H30N4O3S. The number of nitrogens with zero attached hydrogens (tertiary/aromatic N) is 2. The molecule has 1 unspecified atom stereocenters. The van der Waals surface area contributed by atoms with Gasteiger partial charge in [0, 0.05) is 31.1 Å². The number of piperidine rings is 1. The highest BCUT2D eigenvalue weighted by atomic mass is 32.2. The van der Waals surface area contributed by atoms with Crippen molar-refractivity contribution in [1.82, 2.24) is 19.6 Å². The summed E-state index contributed by atoms with van der Waals surface area (Å²) >= 11 is 0. The first-order chi connectivity index (χ1) is 15.4. The van der Waals surface area contributed by atoms with Crippen LogP contribution in [0.5, 0.6) is 0 Å². The average molecular weight is 455 g/mol. The molecule has 7 nitrogen and oxygen atoms in total. The van der Waals surface area contributed by atoms with Gasteiger partial charge in [-0.3, -0.25) is 4.79 Å². The summed E-state index contributed by atoms with van der Waals surface area (Å²) in [4.78, 5) is 20.8. The maximum absolute atomic E-state index is 13.2. The number of benzene rings is 2. The number of hydrogen-bond donors (Lipinski definition) is 2. The zero-order valence-electron chi connectivity index (χ0n) is 18.6. The van der Waals surface area contributed by atoms with Gasteiger partial charge in [0.15, 0.2) is 0 Å². The van der Waals surface area contributed by atoms with Crippen molar-refractivity contribution in [3.63, 3.8) is 0 Å². The lowest BCUT2D eigenvalue weighted by atomic mass is 10.1. The average Bonchev–Trinajstić information content (AvgIpc) is 3.20. The molecule has 2 heterocycles. The molecule has 0 bridgehead atoms. The van der Waals surface area contributed by atoms with Gasteiger partial charge in [0.25, 0.3) is 5.91 Å². The molecule has 1 aliphatic rings. The zero-order chi connectivity index (χ0) is 22.7. The maximum Gasteiger partial charge on any atom is 0.251 e. The molecular weight excluding hydrogens is 424 g/mol. The Labute approximate surface area is 189 Å². The molecule has 170 valence electrons. The number of hydrogen-bond acceptors (Lipinski definition) is 4. The molecule has 1 fully saturated rings. The van der Waals surface area contributed by atoms with Gasteiger partial charge < -0.3 is 10.3 Å². The van der Waals surface area contributed by atoms with Gasteiger partial charge in [-0.25, -0.2) is 13.4 Å². The predicted molar refractivity (Wildman–Crippen MR) is 125 cm³/mol. The number of sulfonamides is 1. The summed E-state index contributed by atoms with van der Waals surface area (Å²) in [5.74, 6) is 0.635. The second-order valence-electron chi connectivity index (χ2n) is 8.50. The Kier molecular flexibility index (Phi) is 6.62. The Bertz CT molecular complexity index is 1190. The Morgan fingerprint density at radius 3 is 2.81 bits per heavy atom. The molecule has 1 atom stereocenters. The number of rotatable bonds is 7. The Morgan fingerprint density at radius 1 is 1.22 bits per heavy atom. The van der Waals surface area contributed by atoms with Crippen molar-refractivity contribution in [2.45, 2.75) is 56.9 Å². The second kappa shape index (κ2) is 9.42. The van der Waals surface area contributed by atoms with Gasteiger partial charge in [0.2, 0.25) is 10.0 Å². The lowest BCUT2D eigenvalue weighted by molar-refractivity contribution is 0.0952. The molecule has 32 heavy (non-hydrogen) atoms. The molecule has 1 saturated heterocycles. The lowest BCUT2D eigenvalue weighted by Crippen LogP contribution is -2.42. The topological polar surface area (TPSA) is 95.2 Å². The fourth-order valence-electron chi connectivity index (χ4n) is 4.25. The fourth-order valence-corrected chi connectivity index (χ4v) is 5.97. The third-order valence-electron chi connectivity index (χ3n) is 6.12. The Morgan fingerprint density at radius 2 is 2.03 bits per heavy atom. The summed E-state index contributed by atoms with van der Waals surface area (Å²) in [7, 11) is -3.62. The highest BCUT2D eigenvalue weighted by Gasteiger charge is 2.31. The molecule has 4 rings (SSSR count). The molecule has 3 aromatic rings. The molecule has 8 heteroatoms. The number of aromatic nitrogens is 2. The van der Waals surface area contributed by atoms with Crippen LogP contribution in [0.2, 0.25) is 0 Å². The smallest absolute Gasteiger partial charge is 0.251 e. The number of carbonyl (C=O) groups excluding carboxylic acids is 1. The van der Waals surface area contributed by atoms with Crippen molar-refractivity contribution in [2.24, 2.45) is 0 Å². The summed E-state index contributed by atoms with van der Waals surface area (Å²) in [6.45, 7) is 4.78. The molecule has 0 radical (unpaired) electrons. The van der Waals surface area contributed by atoms with Crippen molar-refractivity contribution in [3.8, 4) is 0 Å². The van der Waals surface area contributed by atoms with Crippen molar-refractivity contribution in [3.05, 3.63) is 59.4 Å². The van der Waals surface area contributed by atoms with E-state index in [1.807, 2.05) is 38.1 Å². The summed E-state index contributed by atoms with van der Waals surface area (Å²) in [6.07, 6.45) is 4.23. The van der Waals surface area contributed by atoms with Gasteiger partial charge in [-0.05, 0) is 62.9 Å². The van der Waals surface area contributed by atoms with Gasteiger partial charge in [-0.15, -0.1) is 0 Å². The molecule has 0 spiro atoms. The largest absolute Gasteiger partial charge is 0.352 e. The van der Waals surface area contributed by atoms with E-state index in [2.05, 4.69) is 15.3 Å². The highest BCUT2D eigenvalue weighted by molar-refractivity contribution is 7.89. The van der Waals surface area contributed by atoms with Crippen LogP contribution in [0, 0.1) is 6.92 Å². The minimum atomic E-state index is -3.62. The van der Waals surface area contributed by atoms with Crippen LogP contribution in [-0.2, 0) is 16.4 Å². The van der Waals surface area contributed by atoms with E-state index in [-0.39, 0.29) is 16.8 Å². The summed E-state index contributed by atoms with van der Waals surface area (Å²) in [6, 6.07) is 12.7. The number of fused-ring (bicyclic) bond motifs is 1. The highest BCUT2D eigenvalue weighted by Crippen LogP contribution is 2.26. The molecule has 1 amide bonds. The minimum Gasteiger partial charge on any atom is -0.352 e. The number of carbonyl (C=O) groups is 1. The molecule has 0 saturated carbocycles. The number of para-hydroxylation sites is 2. The molecule has 2 N–H and O–H groups in total. The van der Waals surface area contributed by atoms with E-state index in [0.29, 0.717) is 18.7 Å². The number of imidazole rings is 1. The maximum atomic E-state index is 13.2. The van der Waals surface area contributed by atoms with Crippen LogP contribution in [0.25, 0.3) is 11.0 Å². The zero-order valence-corrected chi connectivity index (χ0v) is 19.4. The van der Waals surface area contributed by atoms with Crippen LogP contribution < -0.4 is 5.32 Å². The number of aromatic amines is 1. The van der Waals surface area contributed by atoms with Gasteiger partial charge in [0.05, 0.1) is 15.9 Å². The number of H-pyrrole nitrogens is 1. The third-order valence-corrected chi connectivity index (χ3v) is 8.13. The van der Waals surface area contributed by atoms with Crippen molar-refractivity contribution >= 4 is 27.0 Å². The summed E-state index contributed by atoms with van der Waals surface area (Å²) in [5.41, 5.74) is 3.09. The van der Waals surface area contributed by atoms with Crippen LogP contribution in [0.4, 0.5) is 0 Å². The molecule has 2 aromatic carbocycles. The second-order valence-corrected chi connectivity index (χ2v) is 10.4. The minimum absolute atomic E-state index is 0.0226. The van der Waals surface area contributed by atoms with E-state index in [0.717, 1.165) is 54.5 Å². The normalized spacial score (nSPS) is 17.5. The van der Waals surface area contributed by atoms with E-state index >= 15 is 0 Å².